The number of hydrogen-bond acceptors (Lipinski definition) is 2. The molecule has 0 aromatic heterocycles. The van der Waals surface area contributed by atoms with E-state index in [0.29, 0.717) is 13.1 Å². The molecule has 0 radical (unpaired) electrons. The Bertz CT molecular complexity index is 376. The molecule has 0 unspecified atom stereocenters. The second-order valence-electron chi connectivity index (χ2n) is 3.49. The van der Waals surface area contributed by atoms with Crippen molar-refractivity contribution in [2.24, 2.45) is 5.73 Å². The van der Waals surface area contributed by atoms with Crippen molar-refractivity contribution in [1.82, 2.24) is 4.90 Å². The van der Waals surface area contributed by atoms with Gasteiger partial charge in [0.1, 0.15) is 0 Å². The summed E-state index contributed by atoms with van der Waals surface area (Å²) in [5, 5.41) is 0. The van der Waals surface area contributed by atoms with Gasteiger partial charge in [0.15, 0.2) is 0 Å². The molecular formula is C10H13N3O. The van der Waals surface area contributed by atoms with E-state index in [9.17, 15) is 4.79 Å². The van der Waals surface area contributed by atoms with Crippen LogP contribution in [0.3, 0.4) is 0 Å². The summed E-state index contributed by atoms with van der Waals surface area (Å²) in [6, 6.07) is 5.41. The van der Waals surface area contributed by atoms with E-state index >= 15 is 0 Å². The number of hydrogen-bond donors (Lipinski definition) is 2. The number of carbonyl (C=O) groups is 1. The molecule has 2 amide bonds. The van der Waals surface area contributed by atoms with Crippen LogP contribution in [-0.4, -0.2) is 17.5 Å². The Morgan fingerprint density at radius 1 is 1.43 bits per heavy atom. The SMILES string of the molecule is NC(=O)N1CCc2c(N)cccc2C1. The maximum absolute atomic E-state index is 11.0. The molecule has 4 nitrogen and oxygen atoms in total. The molecule has 14 heavy (non-hydrogen) atoms. The number of nitrogens with zero attached hydrogens (tertiary/aromatic N) is 1. The summed E-state index contributed by atoms with van der Waals surface area (Å²) in [7, 11) is 0. The van der Waals surface area contributed by atoms with E-state index in [1.807, 2.05) is 18.2 Å². The Morgan fingerprint density at radius 2 is 2.21 bits per heavy atom. The highest BCUT2D eigenvalue weighted by molar-refractivity contribution is 5.72. The van der Waals surface area contributed by atoms with E-state index in [1.54, 1.807) is 4.90 Å². The van der Waals surface area contributed by atoms with Gasteiger partial charge >= 0.3 is 6.03 Å². The van der Waals surface area contributed by atoms with Crippen LogP contribution >= 0.6 is 0 Å². The topological polar surface area (TPSA) is 72.4 Å². The Kier molecular flexibility index (Phi) is 2.04. The van der Waals surface area contributed by atoms with Crippen LogP contribution in [0.4, 0.5) is 10.5 Å². The van der Waals surface area contributed by atoms with Crippen LogP contribution in [0.1, 0.15) is 11.1 Å². The largest absolute Gasteiger partial charge is 0.398 e. The van der Waals surface area contributed by atoms with Gasteiger partial charge in [0.2, 0.25) is 0 Å². The lowest BCUT2D eigenvalue weighted by Crippen LogP contribution is -2.39. The molecule has 1 aliphatic heterocycles. The zero-order valence-electron chi connectivity index (χ0n) is 7.86. The number of benzene rings is 1. The van der Waals surface area contributed by atoms with E-state index in [4.69, 9.17) is 11.5 Å². The Hall–Kier alpha value is -1.71. The lowest BCUT2D eigenvalue weighted by molar-refractivity contribution is 0.202. The second-order valence-corrected chi connectivity index (χ2v) is 3.49. The standard InChI is InChI=1S/C10H13N3O/c11-9-3-1-2-7-6-13(10(12)14)5-4-8(7)9/h1-3H,4-6,11H2,(H2,12,14). The van der Waals surface area contributed by atoms with Crippen LogP contribution in [-0.2, 0) is 13.0 Å². The summed E-state index contributed by atoms with van der Waals surface area (Å²) in [5.41, 5.74) is 14.1. The van der Waals surface area contributed by atoms with Crippen molar-refractivity contribution in [2.75, 3.05) is 12.3 Å². The minimum Gasteiger partial charge on any atom is -0.398 e. The number of urea groups is 1. The van der Waals surface area contributed by atoms with Crippen LogP contribution in [0.15, 0.2) is 18.2 Å². The van der Waals surface area contributed by atoms with E-state index in [2.05, 4.69) is 0 Å². The monoisotopic (exact) mass is 191 g/mol. The van der Waals surface area contributed by atoms with Crippen molar-refractivity contribution in [3.05, 3.63) is 29.3 Å². The molecule has 2 rings (SSSR count). The number of anilines is 1. The number of rotatable bonds is 0. The molecule has 0 bridgehead atoms. The smallest absolute Gasteiger partial charge is 0.315 e. The minimum absolute atomic E-state index is 0.363. The molecule has 1 aliphatic rings. The highest BCUT2D eigenvalue weighted by Crippen LogP contribution is 2.23. The molecule has 0 spiro atoms. The van der Waals surface area contributed by atoms with Gasteiger partial charge < -0.3 is 16.4 Å². The van der Waals surface area contributed by atoms with Gasteiger partial charge in [-0.15, -0.1) is 0 Å². The predicted molar refractivity (Wildman–Crippen MR) is 54.6 cm³/mol. The first-order valence-corrected chi connectivity index (χ1v) is 4.59. The highest BCUT2D eigenvalue weighted by Gasteiger charge is 2.19. The summed E-state index contributed by atoms with van der Waals surface area (Å²) >= 11 is 0. The van der Waals surface area contributed by atoms with Crippen molar-refractivity contribution in [2.45, 2.75) is 13.0 Å². The molecule has 1 aromatic rings. The Morgan fingerprint density at radius 3 is 2.93 bits per heavy atom. The number of carbonyl (C=O) groups excluding carboxylic acids is 1. The van der Waals surface area contributed by atoms with Crippen LogP contribution in [0.5, 0.6) is 0 Å². The lowest BCUT2D eigenvalue weighted by atomic mass is 9.98. The van der Waals surface area contributed by atoms with E-state index in [-0.39, 0.29) is 6.03 Å². The van der Waals surface area contributed by atoms with Crippen molar-refractivity contribution in [1.29, 1.82) is 0 Å². The van der Waals surface area contributed by atoms with Crippen LogP contribution in [0, 0.1) is 0 Å². The fourth-order valence-corrected chi connectivity index (χ4v) is 1.83. The van der Waals surface area contributed by atoms with Crippen molar-refractivity contribution < 1.29 is 4.79 Å². The third-order valence-electron chi connectivity index (χ3n) is 2.61. The number of nitrogens with two attached hydrogens (primary N) is 2. The van der Waals surface area contributed by atoms with Crippen LogP contribution < -0.4 is 11.5 Å². The third-order valence-corrected chi connectivity index (χ3v) is 2.61. The predicted octanol–water partition coefficient (Wildman–Crippen LogP) is 0.706. The molecule has 74 valence electrons. The van der Waals surface area contributed by atoms with Crippen molar-refractivity contribution in [3.63, 3.8) is 0 Å². The molecule has 0 saturated carbocycles. The molecule has 1 heterocycles. The van der Waals surface area contributed by atoms with Crippen LogP contribution in [0.2, 0.25) is 0 Å². The zero-order valence-corrected chi connectivity index (χ0v) is 7.86. The maximum Gasteiger partial charge on any atom is 0.315 e. The fourth-order valence-electron chi connectivity index (χ4n) is 1.83. The summed E-state index contributed by atoms with van der Waals surface area (Å²) in [5.74, 6) is 0. The lowest BCUT2D eigenvalue weighted by Gasteiger charge is -2.27. The minimum atomic E-state index is -0.363. The first-order chi connectivity index (χ1) is 6.68. The van der Waals surface area contributed by atoms with Gasteiger partial charge in [-0.3, -0.25) is 0 Å². The second kappa shape index (κ2) is 3.21. The summed E-state index contributed by atoms with van der Waals surface area (Å²) in [6.07, 6.45) is 0.797. The number of primary amides is 1. The number of fused-ring (bicyclic) bond motifs is 1. The molecule has 0 fully saturated rings. The van der Waals surface area contributed by atoms with E-state index in [0.717, 1.165) is 23.2 Å². The number of nitrogen functional groups attached to an aromatic ring is 1. The van der Waals surface area contributed by atoms with Crippen molar-refractivity contribution >= 4 is 11.7 Å². The van der Waals surface area contributed by atoms with Gasteiger partial charge in [0.25, 0.3) is 0 Å². The van der Waals surface area contributed by atoms with Crippen LogP contribution in [0.25, 0.3) is 0 Å². The number of amides is 2. The maximum atomic E-state index is 11.0. The van der Waals surface area contributed by atoms with Gasteiger partial charge in [-0.1, -0.05) is 12.1 Å². The summed E-state index contributed by atoms with van der Waals surface area (Å²) in [4.78, 5) is 12.6. The quantitative estimate of drug-likeness (QED) is 0.593. The van der Waals surface area contributed by atoms with E-state index < -0.39 is 0 Å². The van der Waals surface area contributed by atoms with Gasteiger partial charge in [0.05, 0.1) is 0 Å². The van der Waals surface area contributed by atoms with E-state index in [1.165, 1.54) is 0 Å². The van der Waals surface area contributed by atoms with Gasteiger partial charge in [-0.25, -0.2) is 4.79 Å². The molecule has 0 atom stereocenters. The fraction of sp³-hybridized carbons (Fsp3) is 0.300. The van der Waals surface area contributed by atoms with Gasteiger partial charge in [-0.2, -0.15) is 0 Å². The normalized spacial score (nSPS) is 15.0. The molecule has 0 aliphatic carbocycles. The Labute approximate surface area is 82.5 Å². The molecule has 4 N–H and O–H groups in total. The van der Waals surface area contributed by atoms with Gasteiger partial charge in [0, 0.05) is 18.8 Å². The average molecular weight is 191 g/mol. The third kappa shape index (κ3) is 1.39. The summed E-state index contributed by atoms with van der Waals surface area (Å²) in [6.45, 7) is 1.24. The molecule has 0 saturated heterocycles. The van der Waals surface area contributed by atoms with Gasteiger partial charge in [-0.05, 0) is 23.6 Å². The molecule has 4 heteroatoms. The molecular weight excluding hydrogens is 178 g/mol. The summed E-state index contributed by atoms with van der Waals surface area (Å²) < 4.78 is 0. The van der Waals surface area contributed by atoms with Crippen molar-refractivity contribution in [3.8, 4) is 0 Å². The first-order valence-electron chi connectivity index (χ1n) is 4.59. The Balaban J connectivity index is 2.31. The first kappa shape index (κ1) is 8.87. The molecule has 1 aromatic carbocycles. The highest BCUT2D eigenvalue weighted by atomic mass is 16.2. The zero-order chi connectivity index (χ0) is 10.1. The average Bonchev–Trinajstić information content (AvgIpc) is 2.17.